The Kier molecular flexibility index (Phi) is 6.41. The Labute approximate surface area is 173 Å². The van der Waals surface area contributed by atoms with Gasteiger partial charge in [0.25, 0.3) is 0 Å². The lowest BCUT2D eigenvalue weighted by atomic mass is 10.2. The second-order valence-corrected chi connectivity index (χ2v) is 8.31. The zero-order valence-corrected chi connectivity index (χ0v) is 17.8. The van der Waals surface area contributed by atoms with E-state index in [2.05, 4.69) is 20.6 Å². The van der Waals surface area contributed by atoms with Crippen molar-refractivity contribution in [3.63, 3.8) is 0 Å². The number of carbonyl (C=O) groups is 1. The maximum absolute atomic E-state index is 12.7. The van der Waals surface area contributed by atoms with Gasteiger partial charge in [0.2, 0.25) is 5.91 Å². The van der Waals surface area contributed by atoms with Crippen LogP contribution < -0.4 is 5.32 Å². The van der Waals surface area contributed by atoms with Crippen LogP contribution in [0.5, 0.6) is 0 Å². The summed E-state index contributed by atoms with van der Waals surface area (Å²) >= 11 is 7.48. The van der Waals surface area contributed by atoms with E-state index < -0.39 is 0 Å². The first-order valence-electron chi connectivity index (χ1n) is 9.10. The van der Waals surface area contributed by atoms with Crippen LogP contribution >= 0.6 is 23.4 Å². The predicted molar refractivity (Wildman–Crippen MR) is 113 cm³/mol. The van der Waals surface area contributed by atoms with Gasteiger partial charge in [-0.25, -0.2) is 4.68 Å². The molecule has 3 aromatic rings. The van der Waals surface area contributed by atoms with Gasteiger partial charge >= 0.3 is 0 Å². The van der Waals surface area contributed by atoms with Crippen molar-refractivity contribution in [1.29, 1.82) is 0 Å². The Morgan fingerprint density at radius 3 is 2.71 bits per heavy atom. The van der Waals surface area contributed by atoms with Crippen LogP contribution in [0.1, 0.15) is 33.7 Å². The van der Waals surface area contributed by atoms with E-state index in [1.54, 1.807) is 16.9 Å². The van der Waals surface area contributed by atoms with E-state index in [0.29, 0.717) is 22.5 Å². The number of hydrogen-bond acceptors (Lipinski definition) is 5. The molecule has 7 nitrogen and oxygen atoms in total. The molecule has 1 N–H and O–H groups in total. The Morgan fingerprint density at radius 1 is 1.25 bits per heavy atom. The summed E-state index contributed by atoms with van der Waals surface area (Å²) in [4.78, 5) is 12.7. The number of aromatic nitrogens is 5. The van der Waals surface area contributed by atoms with Crippen LogP contribution in [0, 0.1) is 0 Å². The summed E-state index contributed by atoms with van der Waals surface area (Å²) in [5, 5.41) is 16.8. The van der Waals surface area contributed by atoms with E-state index in [0.717, 1.165) is 11.4 Å². The Balaban J connectivity index is 1.76. The fraction of sp³-hybridized carbons (Fsp3) is 0.368. The van der Waals surface area contributed by atoms with Crippen molar-refractivity contribution in [1.82, 2.24) is 24.5 Å². The molecule has 0 spiro atoms. The fourth-order valence-corrected chi connectivity index (χ4v) is 3.87. The van der Waals surface area contributed by atoms with Gasteiger partial charge in [-0.3, -0.25) is 4.79 Å². The highest BCUT2D eigenvalue weighted by atomic mass is 35.5. The van der Waals surface area contributed by atoms with Gasteiger partial charge in [0.15, 0.2) is 11.0 Å². The molecule has 0 radical (unpaired) electrons. The molecule has 148 valence electrons. The van der Waals surface area contributed by atoms with Crippen LogP contribution in [0.2, 0.25) is 5.02 Å². The number of halogens is 1. The summed E-state index contributed by atoms with van der Waals surface area (Å²) in [6, 6.07) is 9.46. The summed E-state index contributed by atoms with van der Waals surface area (Å²) in [7, 11) is 0. The first-order chi connectivity index (χ1) is 13.4. The summed E-state index contributed by atoms with van der Waals surface area (Å²) in [5.74, 6) is 1.31. The van der Waals surface area contributed by atoms with Crippen molar-refractivity contribution in [3.8, 4) is 11.4 Å². The molecule has 2 heterocycles. The minimum atomic E-state index is -0.350. The average Bonchev–Trinajstić information content (AvgIpc) is 3.28. The van der Waals surface area contributed by atoms with Crippen LogP contribution in [0.15, 0.2) is 41.7 Å². The monoisotopic (exact) mass is 418 g/mol. The summed E-state index contributed by atoms with van der Waals surface area (Å²) in [6.07, 6.45) is 1.68. The van der Waals surface area contributed by atoms with Crippen molar-refractivity contribution in [2.45, 2.75) is 50.7 Å². The molecular weight excluding hydrogens is 396 g/mol. The van der Waals surface area contributed by atoms with E-state index in [1.165, 1.54) is 11.8 Å². The van der Waals surface area contributed by atoms with Crippen LogP contribution in [0.4, 0.5) is 5.82 Å². The fourth-order valence-electron chi connectivity index (χ4n) is 2.77. The lowest BCUT2D eigenvalue weighted by Crippen LogP contribution is -2.25. The second-order valence-electron chi connectivity index (χ2n) is 6.56. The number of rotatable bonds is 7. The third-order valence-electron chi connectivity index (χ3n) is 4.18. The van der Waals surface area contributed by atoms with E-state index >= 15 is 0 Å². The highest BCUT2D eigenvalue weighted by Gasteiger charge is 2.21. The normalized spacial score (nSPS) is 12.4. The van der Waals surface area contributed by atoms with Gasteiger partial charge in [-0.1, -0.05) is 35.5 Å². The smallest absolute Gasteiger partial charge is 0.238 e. The average molecular weight is 419 g/mol. The SMILES string of the molecule is CCn1c(SC(C)C(=O)Nc2ccnn2C(C)C)nnc1-c1cccc(Cl)c1. The standard InChI is InChI=1S/C19H23ClN6OS/c1-5-25-17(14-7-6-8-15(20)11-14)23-24-19(25)28-13(4)18(27)22-16-9-10-21-26(16)12(2)3/h6-13H,5H2,1-4H3,(H,22,27). The van der Waals surface area contributed by atoms with E-state index in [4.69, 9.17) is 11.6 Å². The number of carbonyl (C=O) groups excluding carboxylic acids is 1. The van der Waals surface area contributed by atoms with E-state index in [1.807, 2.05) is 56.5 Å². The molecular formula is C19H23ClN6OS. The molecule has 0 fully saturated rings. The molecule has 1 amide bonds. The van der Waals surface area contributed by atoms with Crippen LogP contribution in [-0.2, 0) is 11.3 Å². The largest absolute Gasteiger partial charge is 0.310 e. The van der Waals surface area contributed by atoms with Gasteiger partial charge in [0.05, 0.1) is 11.4 Å². The molecule has 0 bridgehead atoms. The quantitative estimate of drug-likeness (QED) is 0.571. The molecule has 0 saturated carbocycles. The number of amides is 1. The summed E-state index contributed by atoms with van der Waals surface area (Å²) in [6.45, 7) is 8.59. The van der Waals surface area contributed by atoms with Crippen molar-refractivity contribution < 1.29 is 4.79 Å². The first kappa shape index (κ1) is 20.4. The van der Waals surface area contributed by atoms with Gasteiger partial charge in [-0.05, 0) is 39.8 Å². The molecule has 1 aromatic carbocycles. The van der Waals surface area contributed by atoms with Crippen LogP contribution in [-0.4, -0.2) is 35.7 Å². The van der Waals surface area contributed by atoms with Gasteiger partial charge in [-0.15, -0.1) is 10.2 Å². The zero-order valence-electron chi connectivity index (χ0n) is 16.3. The van der Waals surface area contributed by atoms with Gasteiger partial charge in [0.1, 0.15) is 5.82 Å². The van der Waals surface area contributed by atoms with Crippen molar-refractivity contribution >= 4 is 35.1 Å². The molecule has 1 atom stereocenters. The molecule has 0 aliphatic heterocycles. The third-order valence-corrected chi connectivity index (χ3v) is 5.49. The Bertz CT molecular complexity index is 967. The second kappa shape index (κ2) is 8.79. The number of hydrogen-bond donors (Lipinski definition) is 1. The molecule has 3 rings (SSSR count). The predicted octanol–water partition coefficient (Wildman–Crippen LogP) is 4.52. The number of benzene rings is 1. The molecule has 2 aromatic heterocycles. The maximum atomic E-state index is 12.7. The van der Waals surface area contributed by atoms with Crippen molar-refractivity contribution in [2.75, 3.05) is 5.32 Å². The Morgan fingerprint density at radius 2 is 2.04 bits per heavy atom. The van der Waals surface area contributed by atoms with Crippen molar-refractivity contribution in [3.05, 3.63) is 41.6 Å². The maximum Gasteiger partial charge on any atom is 0.238 e. The number of nitrogens with zero attached hydrogens (tertiary/aromatic N) is 5. The minimum absolute atomic E-state index is 0.109. The third kappa shape index (κ3) is 4.39. The van der Waals surface area contributed by atoms with Crippen molar-refractivity contribution in [2.24, 2.45) is 0 Å². The van der Waals surface area contributed by atoms with Crippen LogP contribution in [0.3, 0.4) is 0 Å². The highest BCUT2D eigenvalue weighted by molar-refractivity contribution is 8.00. The Hall–Kier alpha value is -2.32. The summed E-state index contributed by atoms with van der Waals surface area (Å²) in [5.41, 5.74) is 0.895. The lowest BCUT2D eigenvalue weighted by molar-refractivity contribution is -0.115. The van der Waals surface area contributed by atoms with Crippen LogP contribution in [0.25, 0.3) is 11.4 Å². The molecule has 0 aliphatic rings. The highest BCUT2D eigenvalue weighted by Crippen LogP contribution is 2.28. The number of nitrogens with one attached hydrogen (secondary N) is 1. The topological polar surface area (TPSA) is 77.6 Å². The van der Waals surface area contributed by atoms with Gasteiger partial charge < -0.3 is 9.88 Å². The molecule has 1 unspecified atom stereocenters. The minimum Gasteiger partial charge on any atom is -0.310 e. The van der Waals surface area contributed by atoms with E-state index in [9.17, 15) is 4.79 Å². The van der Waals surface area contributed by atoms with E-state index in [-0.39, 0.29) is 17.2 Å². The molecule has 9 heteroatoms. The van der Waals surface area contributed by atoms with Gasteiger partial charge in [-0.2, -0.15) is 5.10 Å². The summed E-state index contributed by atoms with van der Waals surface area (Å²) < 4.78 is 3.76. The first-order valence-corrected chi connectivity index (χ1v) is 10.4. The molecule has 28 heavy (non-hydrogen) atoms. The number of thioether (sulfide) groups is 1. The lowest BCUT2D eigenvalue weighted by Gasteiger charge is -2.15. The van der Waals surface area contributed by atoms with Gasteiger partial charge in [0, 0.05) is 29.2 Å². The number of anilines is 1. The molecule has 0 saturated heterocycles. The zero-order chi connectivity index (χ0) is 20.3. The molecule has 0 aliphatic carbocycles.